The van der Waals surface area contributed by atoms with Crippen LogP contribution in [-0.4, -0.2) is 26.8 Å². The van der Waals surface area contributed by atoms with Crippen molar-refractivity contribution < 1.29 is 4.74 Å². The molecule has 1 N–H and O–H groups in total. The van der Waals surface area contributed by atoms with E-state index in [1.54, 1.807) is 7.11 Å². The molecule has 0 heterocycles. The molecule has 0 aliphatic heterocycles. The number of hydrogen-bond donors (Lipinski definition) is 1. The number of hydrogen-bond acceptors (Lipinski definition) is 2. The van der Waals surface area contributed by atoms with Crippen molar-refractivity contribution in [2.75, 3.05) is 26.8 Å². The molecule has 0 bridgehead atoms. The minimum atomic E-state index is 0.385. The SMILES string of the molecule is CCC1CC1(CNCCOC)c1ccc(C)cc1. The number of nitrogens with one attached hydrogen (secondary N) is 1. The third-order valence-electron chi connectivity index (χ3n) is 4.27. The van der Waals surface area contributed by atoms with Crippen molar-refractivity contribution in [3.63, 3.8) is 0 Å². The Morgan fingerprint density at radius 1 is 1.33 bits per heavy atom. The van der Waals surface area contributed by atoms with Gasteiger partial charge < -0.3 is 10.1 Å². The minimum Gasteiger partial charge on any atom is -0.383 e. The normalized spacial score (nSPS) is 26.3. The fourth-order valence-corrected chi connectivity index (χ4v) is 2.96. The quantitative estimate of drug-likeness (QED) is 0.748. The molecule has 2 heteroatoms. The van der Waals surface area contributed by atoms with Gasteiger partial charge in [-0.1, -0.05) is 43.2 Å². The van der Waals surface area contributed by atoms with Crippen LogP contribution in [0.2, 0.25) is 0 Å². The smallest absolute Gasteiger partial charge is 0.0587 e. The van der Waals surface area contributed by atoms with Crippen LogP contribution < -0.4 is 5.32 Å². The maximum atomic E-state index is 5.09. The van der Waals surface area contributed by atoms with Crippen LogP contribution in [0, 0.1) is 12.8 Å². The molecule has 0 saturated heterocycles. The second kappa shape index (κ2) is 5.85. The highest BCUT2D eigenvalue weighted by molar-refractivity contribution is 5.36. The summed E-state index contributed by atoms with van der Waals surface area (Å²) in [5, 5.41) is 3.54. The number of rotatable bonds is 7. The molecule has 2 rings (SSSR count). The van der Waals surface area contributed by atoms with E-state index in [2.05, 4.69) is 43.4 Å². The first-order chi connectivity index (χ1) is 8.73. The molecule has 1 aliphatic rings. The van der Waals surface area contributed by atoms with Gasteiger partial charge in [-0.2, -0.15) is 0 Å². The summed E-state index contributed by atoms with van der Waals surface area (Å²) in [6.45, 7) is 7.27. The van der Waals surface area contributed by atoms with Gasteiger partial charge >= 0.3 is 0 Å². The zero-order chi connectivity index (χ0) is 13.0. The highest BCUT2D eigenvalue weighted by Crippen LogP contribution is 2.55. The molecule has 1 saturated carbocycles. The van der Waals surface area contributed by atoms with Gasteiger partial charge in [-0.25, -0.2) is 0 Å². The summed E-state index contributed by atoms with van der Waals surface area (Å²) in [5.41, 5.74) is 3.23. The molecule has 0 aromatic heterocycles. The van der Waals surface area contributed by atoms with E-state index < -0.39 is 0 Å². The van der Waals surface area contributed by atoms with Crippen LogP contribution in [0.1, 0.15) is 30.9 Å². The third-order valence-corrected chi connectivity index (χ3v) is 4.27. The Kier molecular flexibility index (Phi) is 4.41. The lowest BCUT2D eigenvalue weighted by molar-refractivity contribution is 0.198. The standard InChI is InChI=1S/C16H25NO/c1-4-14-11-16(14,12-17-9-10-18-3)15-7-5-13(2)6-8-15/h5-8,14,17H,4,9-12H2,1-3H3. The average molecular weight is 247 g/mol. The molecule has 2 unspecified atom stereocenters. The van der Waals surface area contributed by atoms with Crippen molar-refractivity contribution in [2.24, 2.45) is 5.92 Å². The maximum absolute atomic E-state index is 5.09. The van der Waals surface area contributed by atoms with E-state index in [9.17, 15) is 0 Å². The Labute approximate surface area is 111 Å². The second-order valence-corrected chi connectivity index (χ2v) is 5.50. The zero-order valence-corrected chi connectivity index (χ0v) is 11.8. The Morgan fingerprint density at radius 3 is 2.61 bits per heavy atom. The molecule has 2 atom stereocenters. The van der Waals surface area contributed by atoms with Gasteiger partial charge in [0.1, 0.15) is 0 Å². The predicted octanol–water partition coefficient (Wildman–Crippen LogP) is 2.90. The number of aryl methyl sites for hydroxylation is 1. The van der Waals surface area contributed by atoms with E-state index >= 15 is 0 Å². The molecule has 0 spiro atoms. The third kappa shape index (κ3) is 2.76. The first-order valence-corrected chi connectivity index (χ1v) is 6.99. The Bertz CT molecular complexity index is 373. The van der Waals surface area contributed by atoms with E-state index in [0.29, 0.717) is 5.41 Å². The summed E-state index contributed by atoms with van der Waals surface area (Å²) < 4.78 is 5.09. The zero-order valence-electron chi connectivity index (χ0n) is 11.8. The van der Waals surface area contributed by atoms with Gasteiger partial charge in [-0.3, -0.25) is 0 Å². The topological polar surface area (TPSA) is 21.3 Å². The van der Waals surface area contributed by atoms with Gasteiger partial charge in [0.15, 0.2) is 0 Å². The lowest BCUT2D eigenvalue weighted by Crippen LogP contribution is -2.31. The molecule has 1 aromatic carbocycles. The highest BCUT2D eigenvalue weighted by Gasteiger charge is 2.53. The van der Waals surface area contributed by atoms with Crippen LogP contribution in [0.3, 0.4) is 0 Å². The molecule has 2 nitrogen and oxygen atoms in total. The Balaban J connectivity index is 2.01. The largest absolute Gasteiger partial charge is 0.383 e. The lowest BCUT2D eigenvalue weighted by Gasteiger charge is -2.19. The van der Waals surface area contributed by atoms with E-state index in [4.69, 9.17) is 4.74 Å². The molecule has 1 aromatic rings. The van der Waals surface area contributed by atoms with Crippen LogP contribution >= 0.6 is 0 Å². The van der Waals surface area contributed by atoms with Crippen LogP contribution in [-0.2, 0) is 10.2 Å². The molecular formula is C16H25NO. The highest BCUT2D eigenvalue weighted by atomic mass is 16.5. The number of benzene rings is 1. The van der Waals surface area contributed by atoms with Crippen LogP contribution in [0.4, 0.5) is 0 Å². The molecule has 0 amide bonds. The van der Waals surface area contributed by atoms with E-state index in [0.717, 1.165) is 25.6 Å². The van der Waals surface area contributed by atoms with Gasteiger partial charge in [0.05, 0.1) is 6.61 Å². The molecule has 100 valence electrons. The molecule has 18 heavy (non-hydrogen) atoms. The Morgan fingerprint density at radius 2 is 2.06 bits per heavy atom. The number of methoxy groups -OCH3 is 1. The molecular weight excluding hydrogens is 222 g/mol. The van der Waals surface area contributed by atoms with Crippen molar-refractivity contribution >= 4 is 0 Å². The molecule has 1 aliphatic carbocycles. The van der Waals surface area contributed by atoms with Gasteiger partial charge in [0.25, 0.3) is 0 Å². The Hall–Kier alpha value is -0.860. The van der Waals surface area contributed by atoms with Crippen molar-refractivity contribution in [3.8, 4) is 0 Å². The fourth-order valence-electron chi connectivity index (χ4n) is 2.96. The maximum Gasteiger partial charge on any atom is 0.0587 e. The van der Waals surface area contributed by atoms with E-state index in [1.165, 1.54) is 24.0 Å². The van der Waals surface area contributed by atoms with E-state index in [-0.39, 0.29) is 0 Å². The van der Waals surface area contributed by atoms with Crippen LogP contribution in [0.25, 0.3) is 0 Å². The van der Waals surface area contributed by atoms with Crippen molar-refractivity contribution in [3.05, 3.63) is 35.4 Å². The van der Waals surface area contributed by atoms with Crippen molar-refractivity contribution in [1.82, 2.24) is 5.32 Å². The van der Waals surface area contributed by atoms with Gasteiger partial charge in [-0.15, -0.1) is 0 Å². The predicted molar refractivity (Wildman–Crippen MR) is 76.0 cm³/mol. The van der Waals surface area contributed by atoms with Crippen LogP contribution in [0.5, 0.6) is 0 Å². The van der Waals surface area contributed by atoms with Crippen molar-refractivity contribution in [1.29, 1.82) is 0 Å². The molecule has 0 radical (unpaired) electrons. The van der Waals surface area contributed by atoms with Gasteiger partial charge in [0, 0.05) is 25.6 Å². The summed E-state index contributed by atoms with van der Waals surface area (Å²) in [4.78, 5) is 0. The van der Waals surface area contributed by atoms with Crippen LogP contribution in [0.15, 0.2) is 24.3 Å². The average Bonchev–Trinajstić information content (AvgIpc) is 3.10. The lowest BCUT2D eigenvalue weighted by atomic mass is 9.91. The summed E-state index contributed by atoms with van der Waals surface area (Å²) in [5.74, 6) is 0.843. The summed E-state index contributed by atoms with van der Waals surface area (Å²) in [6, 6.07) is 9.08. The minimum absolute atomic E-state index is 0.385. The fraction of sp³-hybridized carbons (Fsp3) is 0.625. The first kappa shape index (κ1) is 13.6. The van der Waals surface area contributed by atoms with Crippen molar-refractivity contribution in [2.45, 2.75) is 32.1 Å². The van der Waals surface area contributed by atoms with E-state index in [1.807, 2.05) is 0 Å². The summed E-state index contributed by atoms with van der Waals surface area (Å²) in [6.07, 6.45) is 2.60. The first-order valence-electron chi connectivity index (χ1n) is 6.99. The number of ether oxygens (including phenoxy) is 1. The second-order valence-electron chi connectivity index (χ2n) is 5.50. The molecule has 1 fully saturated rings. The van der Waals surface area contributed by atoms with Gasteiger partial charge in [0.2, 0.25) is 0 Å². The monoisotopic (exact) mass is 247 g/mol. The summed E-state index contributed by atoms with van der Waals surface area (Å²) in [7, 11) is 1.75. The van der Waals surface area contributed by atoms with Gasteiger partial charge in [-0.05, 0) is 24.8 Å². The summed E-state index contributed by atoms with van der Waals surface area (Å²) >= 11 is 0.